The van der Waals surface area contributed by atoms with E-state index in [2.05, 4.69) is 9.88 Å². The SMILES string of the molecule is COc1cccc(NC(=O)CN(C)C(=O)COC(=O)c2cc(C)n(C3CC3)c2C)c1. The number of rotatable bonds is 8. The lowest BCUT2D eigenvalue weighted by Crippen LogP contribution is -2.37. The molecule has 2 amide bonds. The summed E-state index contributed by atoms with van der Waals surface area (Å²) in [4.78, 5) is 38.1. The summed E-state index contributed by atoms with van der Waals surface area (Å²) in [5, 5.41) is 2.70. The van der Waals surface area contributed by atoms with Gasteiger partial charge >= 0.3 is 5.97 Å². The smallest absolute Gasteiger partial charge is 0.340 e. The zero-order chi connectivity index (χ0) is 21.8. The first-order valence-corrected chi connectivity index (χ1v) is 9.83. The minimum atomic E-state index is -0.530. The number of hydrogen-bond acceptors (Lipinski definition) is 5. The molecular formula is C22H27N3O5. The molecule has 2 aromatic rings. The molecule has 8 nitrogen and oxygen atoms in total. The molecular weight excluding hydrogens is 386 g/mol. The van der Waals surface area contributed by atoms with Crippen molar-refractivity contribution in [3.8, 4) is 5.75 Å². The Morgan fingerprint density at radius 1 is 1.20 bits per heavy atom. The Balaban J connectivity index is 1.50. The van der Waals surface area contributed by atoms with E-state index in [1.54, 1.807) is 37.4 Å². The minimum absolute atomic E-state index is 0.163. The van der Waals surface area contributed by atoms with Crippen molar-refractivity contribution in [3.63, 3.8) is 0 Å². The fraction of sp³-hybridized carbons (Fsp3) is 0.409. The van der Waals surface area contributed by atoms with Crippen LogP contribution >= 0.6 is 0 Å². The molecule has 0 aliphatic heterocycles. The monoisotopic (exact) mass is 413 g/mol. The van der Waals surface area contributed by atoms with Crippen LogP contribution < -0.4 is 10.1 Å². The van der Waals surface area contributed by atoms with Gasteiger partial charge in [-0.05, 0) is 44.9 Å². The van der Waals surface area contributed by atoms with Gasteiger partial charge in [0, 0.05) is 36.2 Å². The summed E-state index contributed by atoms with van der Waals surface area (Å²) in [6.45, 7) is 3.26. The number of carbonyl (C=O) groups excluding carboxylic acids is 3. The largest absolute Gasteiger partial charge is 0.497 e. The number of aryl methyl sites for hydroxylation is 1. The van der Waals surface area contributed by atoms with E-state index in [0.29, 0.717) is 23.0 Å². The second kappa shape index (κ2) is 9.02. The first-order valence-electron chi connectivity index (χ1n) is 9.83. The van der Waals surface area contributed by atoms with Crippen LogP contribution in [0, 0.1) is 13.8 Å². The Kier molecular flexibility index (Phi) is 6.44. The standard InChI is InChI=1S/C22H27N3O5/c1-14-10-19(15(2)25(14)17-8-9-17)22(28)30-13-21(27)24(3)12-20(26)23-16-6-5-7-18(11-16)29-4/h5-7,10-11,17H,8-9,12-13H2,1-4H3,(H,23,26). The molecule has 0 radical (unpaired) electrons. The number of nitrogens with zero attached hydrogens (tertiary/aromatic N) is 2. The molecule has 0 bridgehead atoms. The van der Waals surface area contributed by atoms with Crippen molar-refractivity contribution in [2.75, 3.05) is 32.6 Å². The maximum atomic E-state index is 12.4. The van der Waals surface area contributed by atoms with Crippen molar-refractivity contribution in [2.24, 2.45) is 0 Å². The number of likely N-dealkylation sites (N-methyl/N-ethyl adjacent to an activating group) is 1. The zero-order valence-electron chi connectivity index (χ0n) is 17.7. The van der Waals surface area contributed by atoms with Crippen molar-refractivity contribution in [1.82, 2.24) is 9.47 Å². The molecule has 3 rings (SSSR count). The molecule has 1 fully saturated rings. The van der Waals surface area contributed by atoms with E-state index in [1.807, 2.05) is 13.8 Å². The van der Waals surface area contributed by atoms with Crippen molar-refractivity contribution in [1.29, 1.82) is 0 Å². The van der Waals surface area contributed by atoms with Crippen LogP contribution in [0.15, 0.2) is 30.3 Å². The molecule has 0 atom stereocenters. The van der Waals surface area contributed by atoms with Crippen LogP contribution in [-0.2, 0) is 14.3 Å². The fourth-order valence-electron chi connectivity index (χ4n) is 3.40. The molecule has 1 aromatic heterocycles. The zero-order valence-corrected chi connectivity index (χ0v) is 17.7. The van der Waals surface area contributed by atoms with Crippen LogP contribution in [0.25, 0.3) is 0 Å². The highest BCUT2D eigenvalue weighted by Gasteiger charge is 2.29. The van der Waals surface area contributed by atoms with E-state index in [1.165, 1.54) is 11.9 Å². The Bertz CT molecular complexity index is 962. The van der Waals surface area contributed by atoms with Gasteiger partial charge in [0.2, 0.25) is 5.91 Å². The van der Waals surface area contributed by atoms with Crippen molar-refractivity contribution >= 4 is 23.5 Å². The van der Waals surface area contributed by atoms with Gasteiger partial charge in [0.1, 0.15) is 5.75 Å². The molecule has 0 unspecified atom stereocenters. The van der Waals surface area contributed by atoms with Crippen LogP contribution in [0.2, 0.25) is 0 Å². The number of ether oxygens (including phenoxy) is 2. The molecule has 1 heterocycles. The maximum Gasteiger partial charge on any atom is 0.340 e. The van der Waals surface area contributed by atoms with E-state index in [9.17, 15) is 14.4 Å². The average molecular weight is 413 g/mol. The molecule has 1 N–H and O–H groups in total. The minimum Gasteiger partial charge on any atom is -0.497 e. The van der Waals surface area contributed by atoms with Crippen LogP contribution in [0.5, 0.6) is 5.75 Å². The second-order valence-electron chi connectivity index (χ2n) is 7.49. The Hall–Kier alpha value is -3.29. The van der Waals surface area contributed by atoms with Crippen LogP contribution in [0.3, 0.4) is 0 Å². The van der Waals surface area contributed by atoms with Crippen LogP contribution in [0.1, 0.15) is 40.6 Å². The third-order valence-electron chi connectivity index (χ3n) is 5.10. The van der Waals surface area contributed by atoms with Crippen LogP contribution in [-0.4, -0.2) is 54.6 Å². The third-order valence-corrected chi connectivity index (χ3v) is 5.10. The van der Waals surface area contributed by atoms with Gasteiger partial charge in [0.15, 0.2) is 6.61 Å². The molecule has 0 spiro atoms. The first-order chi connectivity index (χ1) is 14.3. The number of nitrogens with one attached hydrogen (secondary N) is 1. The first kappa shape index (κ1) is 21.4. The van der Waals surface area contributed by atoms with Gasteiger partial charge in [-0.3, -0.25) is 9.59 Å². The number of amides is 2. The molecule has 1 aliphatic rings. The molecule has 1 saturated carbocycles. The molecule has 1 aromatic carbocycles. The van der Waals surface area contributed by atoms with Crippen molar-refractivity contribution in [2.45, 2.75) is 32.7 Å². The van der Waals surface area contributed by atoms with E-state index in [0.717, 1.165) is 24.2 Å². The highest BCUT2D eigenvalue weighted by atomic mass is 16.5. The van der Waals surface area contributed by atoms with Crippen LogP contribution in [0.4, 0.5) is 5.69 Å². The number of esters is 1. The third kappa shape index (κ3) is 5.00. The number of aromatic nitrogens is 1. The average Bonchev–Trinajstić information content (AvgIpc) is 3.50. The highest BCUT2D eigenvalue weighted by Crippen LogP contribution is 2.38. The van der Waals surface area contributed by atoms with Gasteiger partial charge in [-0.25, -0.2) is 4.79 Å². The predicted octanol–water partition coefficient (Wildman–Crippen LogP) is 2.70. The molecule has 0 saturated heterocycles. The van der Waals surface area contributed by atoms with Crippen molar-refractivity contribution < 1.29 is 23.9 Å². The Morgan fingerprint density at radius 3 is 2.60 bits per heavy atom. The number of anilines is 1. The van der Waals surface area contributed by atoms with Gasteiger partial charge in [-0.15, -0.1) is 0 Å². The van der Waals surface area contributed by atoms with E-state index >= 15 is 0 Å². The summed E-state index contributed by atoms with van der Waals surface area (Å²) < 4.78 is 12.5. The molecule has 8 heteroatoms. The van der Waals surface area contributed by atoms with E-state index < -0.39 is 18.5 Å². The second-order valence-corrected chi connectivity index (χ2v) is 7.49. The van der Waals surface area contributed by atoms with E-state index in [4.69, 9.17) is 9.47 Å². The summed E-state index contributed by atoms with van der Waals surface area (Å²) in [5.74, 6) is -0.735. The van der Waals surface area contributed by atoms with Gasteiger partial charge in [-0.2, -0.15) is 0 Å². The molecule has 30 heavy (non-hydrogen) atoms. The highest BCUT2D eigenvalue weighted by molar-refractivity contribution is 5.96. The van der Waals surface area contributed by atoms with E-state index in [-0.39, 0.29) is 12.5 Å². The normalized spacial score (nSPS) is 12.9. The van der Waals surface area contributed by atoms with Gasteiger partial charge < -0.3 is 24.3 Å². The number of benzene rings is 1. The molecule has 1 aliphatic carbocycles. The Labute approximate surface area is 175 Å². The fourth-order valence-corrected chi connectivity index (χ4v) is 3.40. The number of carbonyl (C=O) groups is 3. The summed E-state index contributed by atoms with van der Waals surface area (Å²) >= 11 is 0. The summed E-state index contributed by atoms with van der Waals surface area (Å²) in [6.07, 6.45) is 2.23. The Morgan fingerprint density at radius 2 is 1.93 bits per heavy atom. The van der Waals surface area contributed by atoms with Gasteiger partial charge in [0.05, 0.1) is 19.2 Å². The summed E-state index contributed by atoms with van der Waals surface area (Å²) in [7, 11) is 3.03. The predicted molar refractivity (Wildman–Crippen MR) is 112 cm³/mol. The number of hydrogen-bond donors (Lipinski definition) is 1. The van der Waals surface area contributed by atoms with Gasteiger partial charge in [-0.1, -0.05) is 6.07 Å². The topological polar surface area (TPSA) is 89.9 Å². The van der Waals surface area contributed by atoms with Crippen molar-refractivity contribution in [3.05, 3.63) is 47.3 Å². The quantitative estimate of drug-likeness (QED) is 0.672. The maximum absolute atomic E-state index is 12.4. The lowest BCUT2D eigenvalue weighted by molar-refractivity contribution is -0.136. The summed E-state index contributed by atoms with van der Waals surface area (Å²) in [6, 6.07) is 9.18. The lowest BCUT2D eigenvalue weighted by Gasteiger charge is -2.17. The number of methoxy groups -OCH3 is 1. The summed E-state index contributed by atoms with van der Waals surface area (Å²) in [5.41, 5.74) is 2.92. The van der Waals surface area contributed by atoms with Gasteiger partial charge in [0.25, 0.3) is 5.91 Å². The molecule has 160 valence electrons. The lowest BCUT2D eigenvalue weighted by atomic mass is 10.2.